The van der Waals surface area contributed by atoms with Crippen molar-refractivity contribution in [1.82, 2.24) is 0 Å². The summed E-state index contributed by atoms with van der Waals surface area (Å²) in [6.07, 6.45) is 2.61. The number of phenolic OH excluding ortho intramolecular Hbond substituents is 1. The zero-order valence-electron chi connectivity index (χ0n) is 9.45. The number of aromatic hydroxyl groups is 1. The first-order valence-corrected chi connectivity index (χ1v) is 5.10. The summed E-state index contributed by atoms with van der Waals surface area (Å²) in [4.78, 5) is 5.00. The first-order chi connectivity index (χ1) is 7.15. The summed E-state index contributed by atoms with van der Waals surface area (Å²) in [6.45, 7) is 6.40. The largest absolute Gasteiger partial charge is 0.507 e. The summed E-state index contributed by atoms with van der Waals surface area (Å²) < 4.78 is 0. The molecule has 15 heavy (non-hydrogen) atoms. The van der Waals surface area contributed by atoms with Crippen molar-refractivity contribution < 1.29 is 9.94 Å². The van der Waals surface area contributed by atoms with Gasteiger partial charge in [-0.25, -0.2) is 0 Å². The first kappa shape index (κ1) is 11.6. The van der Waals surface area contributed by atoms with E-state index in [1.807, 2.05) is 32.9 Å². The van der Waals surface area contributed by atoms with Crippen LogP contribution in [0.2, 0.25) is 0 Å². The number of oxime groups is 1. The van der Waals surface area contributed by atoms with Gasteiger partial charge in [0, 0.05) is 0 Å². The molecule has 0 heterocycles. The number of hydrogen-bond donors (Lipinski definition) is 1. The fourth-order valence-electron chi connectivity index (χ4n) is 1.31. The predicted octanol–water partition coefficient (Wildman–Crippen LogP) is 2.77. The molecule has 1 rings (SSSR count). The topological polar surface area (TPSA) is 41.8 Å². The minimum Gasteiger partial charge on any atom is -0.507 e. The number of nitrogens with zero attached hydrogens (tertiary/aromatic N) is 1. The number of aryl methyl sites for hydroxylation is 2. The molecule has 0 unspecified atom stereocenters. The Hall–Kier alpha value is -1.51. The summed E-state index contributed by atoms with van der Waals surface area (Å²) in [5, 5.41) is 13.4. The number of benzene rings is 1. The predicted molar refractivity (Wildman–Crippen MR) is 61.4 cm³/mol. The molecule has 1 aromatic carbocycles. The maximum absolute atomic E-state index is 9.56. The summed E-state index contributed by atoms with van der Waals surface area (Å²) in [5.74, 6) is 0.349. The molecule has 1 N–H and O–H groups in total. The Morgan fingerprint density at radius 3 is 2.47 bits per heavy atom. The van der Waals surface area contributed by atoms with Gasteiger partial charge in [-0.05, 0) is 49.1 Å². The van der Waals surface area contributed by atoms with Gasteiger partial charge in [0.1, 0.15) is 12.4 Å². The summed E-state index contributed by atoms with van der Waals surface area (Å²) in [6, 6.07) is 3.75. The van der Waals surface area contributed by atoms with Gasteiger partial charge in [0.05, 0.1) is 6.21 Å². The molecule has 0 spiro atoms. The second-order valence-electron chi connectivity index (χ2n) is 3.57. The fraction of sp³-hybridized carbons (Fsp3) is 0.417. The molecule has 0 aromatic heterocycles. The fourth-order valence-corrected chi connectivity index (χ4v) is 1.31. The normalized spacial score (nSPS) is 10.9. The number of rotatable bonds is 4. The monoisotopic (exact) mass is 207 g/mol. The molecule has 0 fully saturated rings. The molecule has 0 amide bonds. The molecule has 0 radical (unpaired) electrons. The summed E-state index contributed by atoms with van der Waals surface area (Å²) in [5.41, 5.74) is 2.65. The molecule has 0 bridgehead atoms. The second kappa shape index (κ2) is 5.39. The Morgan fingerprint density at radius 2 is 1.93 bits per heavy atom. The second-order valence-corrected chi connectivity index (χ2v) is 3.57. The Morgan fingerprint density at radius 1 is 1.33 bits per heavy atom. The van der Waals surface area contributed by atoms with E-state index < -0.39 is 0 Å². The van der Waals surface area contributed by atoms with Crippen molar-refractivity contribution in [1.29, 1.82) is 0 Å². The maximum atomic E-state index is 9.56. The van der Waals surface area contributed by atoms with Crippen molar-refractivity contribution in [3.05, 3.63) is 28.8 Å². The third-order valence-electron chi connectivity index (χ3n) is 2.09. The molecule has 0 atom stereocenters. The van der Waals surface area contributed by atoms with Crippen molar-refractivity contribution in [3.63, 3.8) is 0 Å². The minimum atomic E-state index is 0.349. The van der Waals surface area contributed by atoms with Crippen LogP contribution in [0.1, 0.15) is 30.0 Å². The lowest BCUT2D eigenvalue weighted by Crippen LogP contribution is -1.89. The van der Waals surface area contributed by atoms with Crippen molar-refractivity contribution in [2.24, 2.45) is 5.16 Å². The zero-order chi connectivity index (χ0) is 11.3. The van der Waals surface area contributed by atoms with Crippen molar-refractivity contribution in [2.75, 3.05) is 6.61 Å². The smallest absolute Gasteiger partial charge is 0.121 e. The minimum absolute atomic E-state index is 0.349. The van der Waals surface area contributed by atoms with Gasteiger partial charge in [0.15, 0.2) is 0 Å². The van der Waals surface area contributed by atoms with E-state index in [-0.39, 0.29) is 0 Å². The van der Waals surface area contributed by atoms with Crippen LogP contribution in [0.4, 0.5) is 0 Å². The third kappa shape index (κ3) is 3.27. The van der Waals surface area contributed by atoms with Crippen LogP contribution >= 0.6 is 0 Å². The summed E-state index contributed by atoms with van der Waals surface area (Å²) in [7, 11) is 0. The van der Waals surface area contributed by atoms with E-state index >= 15 is 0 Å². The zero-order valence-corrected chi connectivity index (χ0v) is 9.45. The molecule has 0 saturated heterocycles. The molecular weight excluding hydrogens is 190 g/mol. The van der Waals surface area contributed by atoms with Crippen molar-refractivity contribution in [2.45, 2.75) is 27.2 Å². The van der Waals surface area contributed by atoms with Crippen molar-refractivity contribution >= 4 is 6.21 Å². The van der Waals surface area contributed by atoms with Crippen LogP contribution in [0.5, 0.6) is 5.75 Å². The van der Waals surface area contributed by atoms with Crippen molar-refractivity contribution in [3.8, 4) is 5.75 Å². The lowest BCUT2D eigenvalue weighted by molar-refractivity contribution is 0.146. The van der Waals surface area contributed by atoms with Gasteiger partial charge in [0.25, 0.3) is 0 Å². The van der Waals surface area contributed by atoms with Gasteiger partial charge in [-0.15, -0.1) is 0 Å². The van der Waals surface area contributed by atoms with E-state index in [4.69, 9.17) is 4.84 Å². The summed E-state index contributed by atoms with van der Waals surface area (Å²) >= 11 is 0. The van der Waals surface area contributed by atoms with E-state index in [0.717, 1.165) is 23.1 Å². The van der Waals surface area contributed by atoms with E-state index in [0.29, 0.717) is 12.4 Å². The van der Waals surface area contributed by atoms with E-state index in [9.17, 15) is 5.11 Å². The third-order valence-corrected chi connectivity index (χ3v) is 2.09. The van der Waals surface area contributed by atoms with Crippen LogP contribution in [0, 0.1) is 13.8 Å². The standard InChI is InChI=1S/C12H17NO2/c1-4-5-15-13-8-11-6-9(2)12(14)10(3)7-11/h6-8,14H,4-5H2,1-3H3. The van der Waals surface area contributed by atoms with Crippen LogP contribution in [0.15, 0.2) is 17.3 Å². The van der Waals surface area contributed by atoms with Gasteiger partial charge in [-0.1, -0.05) is 12.1 Å². The maximum Gasteiger partial charge on any atom is 0.121 e. The molecule has 3 heteroatoms. The molecular formula is C12H17NO2. The average Bonchev–Trinajstić information content (AvgIpc) is 2.21. The number of hydrogen-bond acceptors (Lipinski definition) is 3. The Kier molecular flexibility index (Phi) is 4.16. The highest BCUT2D eigenvalue weighted by Crippen LogP contribution is 2.21. The van der Waals surface area contributed by atoms with E-state index in [1.54, 1.807) is 6.21 Å². The van der Waals surface area contributed by atoms with Gasteiger partial charge in [-0.2, -0.15) is 0 Å². The van der Waals surface area contributed by atoms with Gasteiger partial charge in [0.2, 0.25) is 0 Å². The molecule has 0 aliphatic rings. The van der Waals surface area contributed by atoms with Crippen LogP contribution < -0.4 is 0 Å². The molecule has 0 aliphatic heterocycles. The van der Waals surface area contributed by atoms with E-state index in [1.165, 1.54) is 0 Å². The van der Waals surface area contributed by atoms with Gasteiger partial charge < -0.3 is 9.94 Å². The Bertz CT molecular complexity index is 336. The van der Waals surface area contributed by atoms with Gasteiger partial charge in [-0.3, -0.25) is 0 Å². The SMILES string of the molecule is CCCON=Cc1cc(C)c(O)c(C)c1. The first-order valence-electron chi connectivity index (χ1n) is 5.10. The molecule has 0 saturated carbocycles. The molecule has 0 aliphatic carbocycles. The van der Waals surface area contributed by atoms with Crippen LogP contribution in [0.3, 0.4) is 0 Å². The highest BCUT2D eigenvalue weighted by molar-refractivity contribution is 5.80. The molecule has 1 aromatic rings. The van der Waals surface area contributed by atoms with E-state index in [2.05, 4.69) is 5.16 Å². The lowest BCUT2D eigenvalue weighted by Gasteiger charge is -2.04. The number of phenols is 1. The van der Waals surface area contributed by atoms with Crippen LogP contribution in [-0.2, 0) is 4.84 Å². The average molecular weight is 207 g/mol. The molecule has 3 nitrogen and oxygen atoms in total. The van der Waals surface area contributed by atoms with Crippen LogP contribution in [0.25, 0.3) is 0 Å². The Labute approximate surface area is 90.4 Å². The van der Waals surface area contributed by atoms with Gasteiger partial charge >= 0.3 is 0 Å². The lowest BCUT2D eigenvalue weighted by atomic mass is 10.1. The van der Waals surface area contributed by atoms with Crippen LogP contribution in [-0.4, -0.2) is 17.9 Å². The quantitative estimate of drug-likeness (QED) is 0.468. The highest BCUT2D eigenvalue weighted by Gasteiger charge is 2.01. The molecule has 82 valence electrons. The highest BCUT2D eigenvalue weighted by atomic mass is 16.6. The Balaban J connectivity index is 2.74.